The van der Waals surface area contributed by atoms with Crippen LogP contribution in [0.1, 0.15) is 64.7 Å². The van der Waals surface area contributed by atoms with Crippen molar-refractivity contribution in [2.24, 2.45) is 22.1 Å². The molecule has 1 aliphatic heterocycles. The third-order valence-electron chi connectivity index (χ3n) is 5.27. The number of allylic oxidation sites excluding steroid dienone is 2. The summed E-state index contributed by atoms with van der Waals surface area (Å²) in [5, 5.41) is 27.5. The Kier molecular flexibility index (Phi) is 8.32. The zero-order valence-corrected chi connectivity index (χ0v) is 15.3. The number of azo groups is 1. The van der Waals surface area contributed by atoms with Crippen LogP contribution < -0.4 is 0 Å². The number of carbonyl (C=O) groups is 1. The molecule has 1 fully saturated rings. The Balaban J connectivity index is 1.79. The lowest BCUT2D eigenvalue weighted by Gasteiger charge is -2.23. The van der Waals surface area contributed by atoms with Gasteiger partial charge in [0.1, 0.15) is 0 Å². The Hall–Kier alpha value is -1.49. The third kappa shape index (κ3) is 6.38. The molecule has 2 N–H and O–H groups in total. The molecule has 140 valence electrons. The molecule has 5 heteroatoms. The van der Waals surface area contributed by atoms with E-state index in [1.54, 1.807) is 0 Å². The van der Waals surface area contributed by atoms with Crippen molar-refractivity contribution < 1.29 is 15.0 Å². The van der Waals surface area contributed by atoms with Crippen molar-refractivity contribution >= 4 is 5.97 Å². The number of rotatable bonds is 12. The van der Waals surface area contributed by atoms with Gasteiger partial charge in [0.15, 0.2) is 0 Å². The number of unbranched alkanes of at least 4 members (excludes halogenated alkanes) is 3. The monoisotopic (exact) mass is 348 g/mol. The standard InChI is InChI=1S/C20H32N2O3/c1-2-3-6-9-15(23)12-13-17-16(18-14-19(17)22-21-18)10-7-4-5-8-11-20(24)25/h4,7,12-13,15-19,23H,2-3,5-6,8-11,14H2,1H3,(H,24,25)/b7-4+,13-12+. The molecule has 2 bridgehead atoms. The first-order valence-electron chi connectivity index (χ1n) is 9.75. The number of aliphatic hydroxyl groups is 1. The molecule has 1 saturated carbocycles. The second-order valence-electron chi connectivity index (χ2n) is 7.28. The van der Waals surface area contributed by atoms with Crippen LogP contribution in [0.15, 0.2) is 34.5 Å². The first-order valence-corrected chi connectivity index (χ1v) is 9.75. The van der Waals surface area contributed by atoms with Gasteiger partial charge in [-0.05, 0) is 38.0 Å². The van der Waals surface area contributed by atoms with Crippen molar-refractivity contribution in [3.8, 4) is 0 Å². The van der Waals surface area contributed by atoms with E-state index in [1.807, 2.05) is 6.08 Å². The second-order valence-corrected chi connectivity index (χ2v) is 7.28. The van der Waals surface area contributed by atoms with E-state index in [0.29, 0.717) is 24.3 Å². The molecule has 0 spiro atoms. The molecule has 25 heavy (non-hydrogen) atoms. The fourth-order valence-corrected chi connectivity index (χ4v) is 3.83. The van der Waals surface area contributed by atoms with Gasteiger partial charge in [0.05, 0.1) is 18.2 Å². The summed E-state index contributed by atoms with van der Waals surface area (Å²) in [7, 11) is 0. The number of aliphatic carboxylic acids is 1. The predicted octanol–water partition coefficient (Wildman–Crippen LogP) is 4.52. The Labute approximate surface area is 150 Å². The summed E-state index contributed by atoms with van der Waals surface area (Å²) in [4.78, 5) is 10.5. The van der Waals surface area contributed by atoms with Crippen LogP contribution >= 0.6 is 0 Å². The third-order valence-corrected chi connectivity index (χ3v) is 5.27. The number of hydrogen-bond acceptors (Lipinski definition) is 4. The zero-order chi connectivity index (χ0) is 18.1. The number of carboxylic acids is 1. The highest BCUT2D eigenvalue weighted by molar-refractivity contribution is 5.66. The van der Waals surface area contributed by atoms with Crippen molar-refractivity contribution in [1.82, 2.24) is 0 Å². The van der Waals surface area contributed by atoms with Crippen molar-refractivity contribution in [1.29, 1.82) is 0 Å². The highest BCUT2D eigenvalue weighted by Gasteiger charge is 2.45. The minimum Gasteiger partial charge on any atom is -0.481 e. The van der Waals surface area contributed by atoms with Gasteiger partial charge in [-0.3, -0.25) is 4.79 Å². The fourth-order valence-electron chi connectivity index (χ4n) is 3.83. The SMILES string of the molecule is CCCCCC(O)/C=C/C1C2CC(N=N2)C1C/C=C/CCCC(=O)O. The number of hydrogen-bond donors (Lipinski definition) is 2. The molecule has 1 heterocycles. The fraction of sp³-hybridized carbons (Fsp3) is 0.750. The van der Waals surface area contributed by atoms with Crippen LogP contribution in [0.5, 0.6) is 0 Å². The average Bonchev–Trinajstić information content (AvgIpc) is 3.17. The van der Waals surface area contributed by atoms with Gasteiger partial charge < -0.3 is 10.2 Å². The van der Waals surface area contributed by atoms with E-state index in [9.17, 15) is 9.90 Å². The maximum atomic E-state index is 10.5. The zero-order valence-electron chi connectivity index (χ0n) is 15.3. The van der Waals surface area contributed by atoms with E-state index >= 15 is 0 Å². The Morgan fingerprint density at radius 1 is 1.20 bits per heavy atom. The van der Waals surface area contributed by atoms with Gasteiger partial charge in [-0.15, -0.1) is 0 Å². The topological polar surface area (TPSA) is 82.2 Å². The summed E-state index contributed by atoms with van der Waals surface area (Å²) in [6.07, 6.45) is 16.0. The molecule has 0 aromatic carbocycles. The summed E-state index contributed by atoms with van der Waals surface area (Å²) >= 11 is 0. The van der Waals surface area contributed by atoms with Gasteiger partial charge in [-0.1, -0.05) is 50.5 Å². The molecule has 0 aromatic heterocycles. The van der Waals surface area contributed by atoms with Crippen LogP contribution in [0.4, 0.5) is 0 Å². The maximum absolute atomic E-state index is 10.5. The van der Waals surface area contributed by atoms with Crippen LogP contribution in [-0.4, -0.2) is 34.4 Å². The molecular weight excluding hydrogens is 316 g/mol. The van der Waals surface area contributed by atoms with Gasteiger partial charge in [0.25, 0.3) is 0 Å². The maximum Gasteiger partial charge on any atom is 0.303 e. The summed E-state index contributed by atoms with van der Waals surface area (Å²) in [5.41, 5.74) is 0. The molecule has 1 aliphatic carbocycles. The highest BCUT2D eigenvalue weighted by Crippen LogP contribution is 2.44. The Bertz CT molecular complexity index is 501. The molecule has 0 aromatic rings. The smallest absolute Gasteiger partial charge is 0.303 e. The van der Waals surface area contributed by atoms with E-state index in [1.165, 1.54) is 12.8 Å². The second kappa shape index (κ2) is 10.5. The summed E-state index contributed by atoms with van der Waals surface area (Å²) in [6, 6.07) is 0.579. The minimum atomic E-state index is -0.732. The molecular formula is C20H32N2O3. The molecule has 0 saturated heterocycles. The molecule has 2 rings (SSSR count). The summed E-state index contributed by atoms with van der Waals surface area (Å²) in [5.74, 6) is 0.0916. The van der Waals surface area contributed by atoms with Crippen LogP contribution in [-0.2, 0) is 4.79 Å². The van der Waals surface area contributed by atoms with Crippen molar-refractivity contribution in [2.75, 3.05) is 0 Å². The van der Waals surface area contributed by atoms with Crippen molar-refractivity contribution in [3.63, 3.8) is 0 Å². The van der Waals surface area contributed by atoms with Gasteiger partial charge in [-0.2, -0.15) is 10.2 Å². The number of fused-ring (bicyclic) bond motifs is 2. The lowest BCUT2D eigenvalue weighted by atomic mass is 9.87. The van der Waals surface area contributed by atoms with Gasteiger partial charge in [0.2, 0.25) is 0 Å². The van der Waals surface area contributed by atoms with Crippen molar-refractivity contribution in [2.45, 2.75) is 82.9 Å². The van der Waals surface area contributed by atoms with Gasteiger partial charge >= 0.3 is 5.97 Å². The van der Waals surface area contributed by atoms with Gasteiger partial charge in [-0.25, -0.2) is 0 Å². The molecule has 5 unspecified atom stereocenters. The van der Waals surface area contributed by atoms with E-state index in [4.69, 9.17) is 5.11 Å². The quantitative estimate of drug-likeness (QED) is 0.402. The van der Waals surface area contributed by atoms with E-state index < -0.39 is 5.97 Å². The van der Waals surface area contributed by atoms with Crippen molar-refractivity contribution in [3.05, 3.63) is 24.3 Å². The summed E-state index contributed by atoms with van der Waals surface area (Å²) < 4.78 is 0. The van der Waals surface area contributed by atoms with E-state index in [-0.39, 0.29) is 18.6 Å². The molecule has 0 radical (unpaired) electrons. The number of nitrogens with zero attached hydrogens (tertiary/aromatic N) is 2. The first-order chi connectivity index (χ1) is 12.1. The van der Waals surface area contributed by atoms with Crippen LogP contribution in [0, 0.1) is 11.8 Å². The molecule has 0 amide bonds. The first kappa shape index (κ1) is 19.8. The molecule has 2 aliphatic rings. The molecule has 5 atom stereocenters. The highest BCUT2D eigenvalue weighted by atomic mass is 16.4. The number of aliphatic hydroxyl groups excluding tert-OH is 1. The predicted molar refractivity (Wildman–Crippen MR) is 98.6 cm³/mol. The average molecular weight is 348 g/mol. The minimum absolute atomic E-state index is 0.230. The lowest BCUT2D eigenvalue weighted by Crippen LogP contribution is -2.22. The van der Waals surface area contributed by atoms with Crippen LogP contribution in [0.3, 0.4) is 0 Å². The molecule has 5 nitrogen and oxygen atoms in total. The normalized spacial score (nSPS) is 29.2. The lowest BCUT2D eigenvalue weighted by molar-refractivity contribution is -0.137. The van der Waals surface area contributed by atoms with Crippen LogP contribution in [0.25, 0.3) is 0 Å². The Morgan fingerprint density at radius 2 is 2.00 bits per heavy atom. The van der Waals surface area contributed by atoms with E-state index in [0.717, 1.165) is 32.1 Å². The van der Waals surface area contributed by atoms with E-state index in [2.05, 4.69) is 35.4 Å². The van der Waals surface area contributed by atoms with Gasteiger partial charge in [0, 0.05) is 12.3 Å². The van der Waals surface area contributed by atoms with Crippen LogP contribution in [0.2, 0.25) is 0 Å². The Morgan fingerprint density at radius 3 is 2.76 bits per heavy atom. The largest absolute Gasteiger partial charge is 0.481 e. The number of carboxylic acid groups (broad SMARTS) is 1. The summed E-state index contributed by atoms with van der Waals surface area (Å²) in [6.45, 7) is 2.17.